The van der Waals surface area contributed by atoms with Gasteiger partial charge in [0, 0.05) is 5.39 Å². The molecule has 0 spiro atoms. The fraction of sp³-hybridized carbons (Fsp3) is 0.154. The van der Waals surface area contributed by atoms with Crippen LogP contribution in [-0.4, -0.2) is 26.3 Å². The highest BCUT2D eigenvalue weighted by atomic mass is 32.2. The van der Waals surface area contributed by atoms with Crippen LogP contribution in [0.4, 0.5) is 0 Å². The molecule has 3 aromatic rings. The summed E-state index contributed by atoms with van der Waals surface area (Å²) in [5.74, 6) is -0.165. The fourth-order valence-electron chi connectivity index (χ4n) is 2.10. The third-order valence-corrected chi connectivity index (χ3v) is 3.87. The van der Waals surface area contributed by atoms with Crippen molar-refractivity contribution in [3.63, 3.8) is 0 Å². The number of aryl methyl sites for hydroxylation is 1. The number of carbonyl (C=O) groups excluding carboxylic acids is 1. The lowest BCUT2D eigenvalue weighted by atomic mass is 10.1. The molecule has 0 atom stereocenters. The van der Waals surface area contributed by atoms with Gasteiger partial charge in [-0.1, -0.05) is 30.0 Å². The van der Waals surface area contributed by atoms with Gasteiger partial charge in [-0.3, -0.25) is 9.20 Å². The number of primary amides is 1. The number of nitrogens with two attached hydrogens (primary N) is 1. The predicted molar refractivity (Wildman–Crippen MR) is 75.1 cm³/mol. The van der Waals surface area contributed by atoms with Gasteiger partial charge < -0.3 is 5.73 Å². The van der Waals surface area contributed by atoms with Crippen LogP contribution in [0.5, 0.6) is 0 Å². The van der Waals surface area contributed by atoms with Crippen LogP contribution < -0.4 is 5.73 Å². The molecular formula is C13H12N4OS. The Kier molecular flexibility index (Phi) is 2.87. The molecule has 0 fully saturated rings. The lowest BCUT2D eigenvalue weighted by Gasteiger charge is -2.06. The van der Waals surface area contributed by atoms with Crippen molar-refractivity contribution in [1.82, 2.24) is 14.6 Å². The van der Waals surface area contributed by atoms with Crippen LogP contribution in [0.3, 0.4) is 0 Å². The third kappa shape index (κ3) is 2.04. The highest BCUT2D eigenvalue weighted by molar-refractivity contribution is 7.99. The highest BCUT2D eigenvalue weighted by Gasteiger charge is 2.11. The van der Waals surface area contributed by atoms with Crippen molar-refractivity contribution in [3.8, 4) is 0 Å². The van der Waals surface area contributed by atoms with E-state index in [9.17, 15) is 4.79 Å². The molecule has 5 nitrogen and oxygen atoms in total. The number of nitrogens with zero attached hydrogens (tertiary/aromatic N) is 3. The number of hydrogen-bond acceptors (Lipinski definition) is 4. The summed E-state index contributed by atoms with van der Waals surface area (Å²) < 4.78 is 1.95. The standard InChI is InChI=1S/C13H12N4OS/c1-8-6-12-15-16-13(19-7-11(14)18)17(12)10-5-3-2-4-9(8)10/h2-6H,7H2,1H3,(H2,14,18). The minimum atomic E-state index is -0.363. The Labute approximate surface area is 113 Å². The number of fused-ring (bicyclic) bond motifs is 3. The van der Waals surface area contributed by atoms with Crippen LogP contribution in [0, 0.1) is 6.92 Å². The third-order valence-electron chi connectivity index (χ3n) is 2.92. The van der Waals surface area contributed by atoms with Crippen molar-refractivity contribution < 1.29 is 4.79 Å². The van der Waals surface area contributed by atoms with Crippen molar-refractivity contribution in [2.75, 3.05) is 5.75 Å². The zero-order chi connectivity index (χ0) is 13.4. The summed E-state index contributed by atoms with van der Waals surface area (Å²) in [7, 11) is 0. The topological polar surface area (TPSA) is 73.3 Å². The Balaban J connectivity index is 2.25. The van der Waals surface area contributed by atoms with Crippen LogP contribution in [0.15, 0.2) is 35.5 Å². The molecule has 0 aliphatic carbocycles. The van der Waals surface area contributed by atoms with Gasteiger partial charge >= 0.3 is 0 Å². The van der Waals surface area contributed by atoms with E-state index < -0.39 is 0 Å². The van der Waals surface area contributed by atoms with E-state index in [1.54, 1.807) is 0 Å². The lowest BCUT2D eigenvalue weighted by molar-refractivity contribution is -0.115. The molecule has 0 radical (unpaired) electrons. The summed E-state index contributed by atoms with van der Waals surface area (Å²) in [5.41, 5.74) is 8.14. The van der Waals surface area contributed by atoms with Gasteiger partial charge in [-0.2, -0.15) is 0 Å². The molecule has 2 N–H and O–H groups in total. The fourth-order valence-corrected chi connectivity index (χ4v) is 2.79. The molecule has 0 aliphatic rings. The first-order valence-corrected chi connectivity index (χ1v) is 6.80. The maximum Gasteiger partial charge on any atom is 0.227 e. The lowest BCUT2D eigenvalue weighted by Crippen LogP contribution is -2.13. The average molecular weight is 272 g/mol. The molecule has 3 rings (SSSR count). The number of aromatic nitrogens is 3. The van der Waals surface area contributed by atoms with Gasteiger partial charge in [0.25, 0.3) is 0 Å². The molecular weight excluding hydrogens is 260 g/mol. The molecule has 6 heteroatoms. The minimum absolute atomic E-state index is 0.197. The first-order valence-electron chi connectivity index (χ1n) is 5.81. The van der Waals surface area contributed by atoms with E-state index >= 15 is 0 Å². The molecule has 0 saturated carbocycles. The number of hydrogen-bond donors (Lipinski definition) is 1. The van der Waals surface area contributed by atoms with E-state index in [0.717, 1.165) is 22.1 Å². The first-order chi connectivity index (χ1) is 9.16. The van der Waals surface area contributed by atoms with E-state index in [1.165, 1.54) is 11.8 Å². The molecule has 0 aliphatic heterocycles. The number of rotatable bonds is 3. The van der Waals surface area contributed by atoms with Crippen molar-refractivity contribution in [1.29, 1.82) is 0 Å². The van der Waals surface area contributed by atoms with Gasteiger partial charge in [-0.15, -0.1) is 10.2 Å². The van der Waals surface area contributed by atoms with Crippen LogP contribution in [0.2, 0.25) is 0 Å². The van der Waals surface area contributed by atoms with Gasteiger partial charge in [-0.25, -0.2) is 0 Å². The molecule has 0 bridgehead atoms. The largest absolute Gasteiger partial charge is 0.369 e. The Bertz CT molecular complexity index is 781. The van der Waals surface area contributed by atoms with Gasteiger partial charge in [0.05, 0.1) is 11.3 Å². The van der Waals surface area contributed by atoms with Crippen molar-refractivity contribution in [3.05, 3.63) is 35.9 Å². The van der Waals surface area contributed by atoms with Crippen LogP contribution in [-0.2, 0) is 4.79 Å². The predicted octanol–water partition coefficient (Wildman–Crippen LogP) is 1.77. The molecule has 0 saturated heterocycles. The smallest absolute Gasteiger partial charge is 0.227 e. The first kappa shape index (κ1) is 12.0. The summed E-state index contributed by atoms with van der Waals surface area (Å²) in [6, 6.07) is 10.1. The van der Waals surface area contributed by atoms with Gasteiger partial charge in [0.15, 0.2) is 10.8 Å². The number of thioether (sulfide) groups is 1. The molecule has 1 aromatic carbocycles. The van der Waals surface area contributed by atoms with Crippen LogP contribution >= 0.6 is 11.8 Å². The molecule has 96 valence electrons. The highest BCUT2D eigenvalue weighted by Crippen LogP contribution is 2.25. The van der Waals surface area contributed by atoms with Gasteiger partial charge in [-0.05, 0) is 24.6 Å². The maximum atomic E-state index is 10.9. The van der Waals surface area contributed by atoms with E-state index in [1.807, 2.05) is 35.6 Å². The van der Waals surface area contributed by atoms with E-state index in [2.05, 4.69) is 16.3 Å². The Morgan fingerprint density at radius 2 is 2.16 bits per heavy atom. The Hall–Kier alpha value is -2.08. The van der Waals surface area contributed by atoms with E-state index in [4.69, 9.17) is 5.73 Å². The maximum absolute atomic E-state index is 10.9. The molecule has 19 heavy (non-hydrogen) atoms. The minimum Gasteiger partial charge on any atom is -0.369 e. The second kappa shape index (κ2) is 4.55. The van der Waals surface area contributed by atoms with Gasteiger partial charge in [0.1, 0.15) is 0 Å². The number of pyridine rings is 1. The summed E-state index contributed by atoms with van der Waals surface area (Å²) in [5, 5.41) is 10.1. The number of benzene rings is 1. The van der Waals surface area contributed by atoms with E-state index in [0.29, 0.717) is 5.16 Å². The SMILES string of the molecule is Cc1cc2nnc(SCC(N)=O)n2c2ccccc12. The monoisotopic (exact) mass is 272 g/mol. The molecule has 2 aromatic heterocycles. The molecule has 2 heterocycles. The second-order valence-corrected chi connectivity index (χ2v) is 5.22. The number of amides is 1. The van der Waals surface area contributed by atoms with Gasteiger partial charge in [0.2, 0.25) is 5.91 Å². The van der Waals surface area contributed by atoms with E-state index in [-0.39, 0.29) is 11.7 Å². The van der Waals surface area contributed by atoms with Crippen molar-refractivity contribution in [2.45, 2.75) is 12.1 Å². The molecule has 0 unspecified atom stereocenters. The average Bonchev–Trinajstić information content (AvgIpc) is 2.80. The zero-order valence-electron chi connectivity index (χ0n) is 10.3. The van der Waals surface area contributed by atoms with Crippen molar-refractivity contribution in [2.24, 2.45) is 5.73 Å². The second-order valence-electron chi connectivity index (χ2n) is 4.28. The van der Waals surface area contributed by atoms with Crippen LogP contribution in [0.25, 0.3) is 16.6 Å². The number of para-hydroxylation sites is 1. The zero-order valence-corrected chi connectivity index (χ0v) is 11.1. The van der Waals surface area contributed by atoms with Crippen LogP contribution in [0.1, 0.15) is 5.56 Å². The quantitative estimate of drug-likeness (QED) is 0.737. The summed E-state index contributed by atoms with van der Waals surface area (Å²) in [6.45, 7) is 2.05. The Morgan fingerprint density at radius 1 is 1.37 bits per heavy atom. The number of carbonyl (C=O) groups is 1. The normalized spacial score (nSPS) is 11.2. The summed E-state index contributed by atoms with van der Waals surface area (Å²) in [4.78, 5) is 10.9. The summed E-state index contributed by atoms with van der Waals surface area (Å²) in [6.07, 6.45) is 0. The van der Waals surface area contributed by atoms with Crippen molar-refractivity contribution >= 4 is 34.2 Å². The Morgan fingerprint density at radius 3 is 2.95 bits per heavy atom. The summed E-state index contributed by atoms with van der Waals surface area (Å²) >= 11 is 1.30. The molecule has 1 amide bonds.